The van der Waals surface area contributed by atoms with Gasteiger partial charge in [-0.1, -0.05) is 48.0 Å². The summed E-state index contributed by atoms with van der Waals surface area (Å²) in [5, 5.41) is 4.12. The molecule has 0 aromatic heterocycles. The fourth-order valence-corrected chi connectivity index (χ4v) is 1.60. The van der Waals surface area contributed by atoms with Crippen LogP contribution in [0, 0.1) is 0 Å². The lowest BCUT2D eigenvalue weighted by Crippen LogP contribution is -1.99. The molecule has 0 bridgehead atoms. The SMILES string of the molecule is Clc1ccccc1CNc1ccccc1. The van der Waals surface area contributed by atoms with Crippen molar-refractivity contribution in [2.75, 3.05) is 5.32 Å². The number of hydrogen-bond acceptors (Lipinski definition) is 1. The second-order valence-electron chi connectivity index (χ2n) is 3.31. The van der Waals surface area contributed by atoms with Gasteiger partial charge in [-0.25, -0.2) is 0 Å². The first kappa shape index (κ1) is 10.1. The van der Waals surface area contributed by atoms with Crippen molar-refractivity contribution < 1.29 is 0 Å². The third kappa shape index (κ3) is 2.74. The van der Waals surface area contributed by atoms with Crippen LogP contribution >= 0.6 is 11.6 Å². The lowest BCUT2D eigenvalue weighted by molar-refractivity contribution is 1.15. The molecule has 0 saturated carbocycles. The lowest BCUT2D eigenvalue weighted by atomic mass is 10.2. The molecule has 2 aromatic rings. The molecule has 0 amide bonds. The molecule has 0 spiro atoms. The monoisotopic (exact) mass is 217 g/mol. The largest absolute Gasteiger partial charge is 0.381 e. The van der Waals surface area contributed by atoms with Crippen LogP contribution in [-0.2, 0) is 6.54 Å². The third-order valence-corrected chi connectivity index (χ3v) is 2.58. The fraction of sp³-hybridized carbons (Fsp3) is 0.0769. The highest BCUT2D eigenvalue weighted by molar-refractivity contribution is 6.31. The summed E-state index contributed by atoms with van der Waals surface area (Å²) in [7, 11) is 0. The molecule has 15 heavy (non-hydrogen) atoms. The summed E-state index contributed by atoms with van der Waals surface area (Å²) in [6.45, 7) is 0.754. The number of halogens is 1. The number of benzene rings is 2. The van der Waals surface area contributed by atoms with Crippen molar-refractivity contribution in [1.29, 1.82) is 0 Å². The van der Waals surface area contributed by atoms with E-state index in [1.165, 1.54) is 0 Å². The second-order valence-corrected chi connectivity index (χ2v) is 3.72. The molecule has 0 aliphatic heterocycles. The molecule has 0 radical (unpaired) electrons. The van der Waals surface area contributed by atoms with Crippen LogP contribution in [0.3, 0.4) is 0 Å². The van der Waals surface area contributed by atoms with Crippen molar-refractivity contribution >= 4 is 17.3 Å². The van der Waals surface area contributed by atoms with Crippen molar-refractivity contribution in [2.45, 2.75) is 6.54 Å². The Morgan fingerprint density at radius 1 is 0.867 bits per heavy atom. The maximum absolute atomic E-state index is 6.05. The highest BCUT2D eigenvalue weighted by atomic mass is 35.5. The quantitative estimate of drug-likeness (QED) is 0.821. The highest BCUT2D eigenvalue weighted by Gasteiger charge is 1.97. The predicted octanol–water partition coefficient (Wildman–Crippen LogP) is 3.95. The Morgan fingerprint density at radius 3 is 2.27 bits per heavy atom. The molecule has 1 N–H and O–H groups in total. The number of para-hydroxylation sites is 1. The third-order valence-electron chi connectivity index (χ3n) is 2.21. The molecule has 0 heterocycles. The van der Waals surface area contributed by atoms with Gasteiger partial charge in [-0.15, -0.1) is 0 Å². The molecular weight excluding hydrogens is 206 g/mol. The summed E-state index contributed by atoms with van der Waals surface area (Å²) >= 11 is 6.05. The van der Waals surface area contributed by atoms with Crippen molar-refractivity contribution in [1.82, 2.24) is 0 Å². The average molecular weight is 218 g/mol. The molecular formula is C13H12ClN. The van der Waals surface area contributed by atoms with E-state index in [1.54, 1.807) is 0 Å². The van der Waals surface area contributed by atoms with Gasteiger partial charge in [-0.2, -0.15) is 0 Å². The van der Waals surface area contributed by atoms with Gasteiger partial charge in [0.15, 0.2) is 0 Å². The van der Waals surface area contributed by atoms with E-state index in [2.05, 4.69) is 5.32 Å². The molecule has 0 unspecified atom stereocenters. The van der Waals surface area contributed by atoms with Gasteiger partial charge in [0.25, 0.3) is 0 Å². The summed E-state index contributed by atoms with van der Waals surface area (Å²) in [6, 6.07) is 18.0. The van der Waals surface area contributed by atoms with E-state index in [-0.39, 0.29) is 0 Å². The smallest absolute Gasteiger partial charge is 0.0455 e. The maximum atomic E-state index is 6.05. The van der Waals surface area contributed by atoms with Crippen LogP contribution in [0.25, 0.3) is 0 Å². The summed E-state index contributed by atoms with van der Waals surface area (Å²) in [4.78, 5) is 0. The van der Waals surface area contributed by atoms with E-state index in [9.17, 15) is 0 Å². The molecule has 0 saturated heterocycles. The lowest BCUT2D eigenvalue weighted by Gasteiger charge is -2.07. The van der Waals surface area contributed by atoms with Gasteiger partial charge < -0.3 is 5.32 Å². The average Bonchev–Trinajstić information content (AvgIpc) is 2.29. The molecule has 76 valence electrons. The number of rotatable bonds is 3. The Kier molecular flexibility index (Phi) is 3.25. The van der Waals surface area contributed by atoms with Crippen LogP contribution < -0.4 is 5.32 Å². The number of hydrogen-bond donors (Lipinski definition) is 1. The Labute approximate surface area is 94.7 Å². The predicted molar refractivity (Wildman–Crippen MR) is 65.2 cm³/mol. The zero-order valence-electron chi connectivity index (χ0n) is 8.28. The zero-order chi connectivity index (χ0) is 10.5. The molecule has 0 aliphatic carbocycles. The minimum absolute atomic E-state index is 0.754. The van der Waals surface area contributed by atoms with Gasteiger partial charge in [-0.3, -0.25) is 0 Å². The van der Waals surface area contributed by atoms with Gasteiger partial charge in [0.2, 0.25) is 0 Å². The molecule has 0 aliphatic rings. The van der Waals surface area contributed by atoms with Gasteiger partial charge in [0, 0.05) is 17.3 Å². The number of anilines is 1. The Hall–Kier alpha value is -1.47. The van der Waals surface area contributed by atoms with Gasteiger partial charge in [0.05, 0.1) is 0 Å². The zero-order valence-corrected chi connectivity index (χ0v) is 9.04. The standard InChI is InChI=1S/C13H12ClN/c14-13-9-5-4-6-11(13)10-15-12-7-2-1-3-8-12/h1-9,15H,10H2. The summed E-state index contributed by atoms with van der Waals surface area (Å²) < 4.78 is 0. The Balaban J connectivity index is 2.03. The molecule has 2 rings (SSSR count). The topological polar surface area (TPSA) is 12.0 Å². The van der Waals surface area contributed by atoms with Crippen LogP contribution in [0.1, 0.15) is 5.56 Å². The van der Waals surface area contributed by atoms with Crippen molar-refractivity contribution in [3.05, 3.63) is 65.2 Å². The van der Waals surface area contributed by atoms with E-state index in [1.807, 2.05) is 54.6 Å². The van der Waals surface area contributed by atoms with Gasteiger partial charge >= 0.3 is 0 Å². The number of nitrogens with one attached hydrogen (secondary N) is 1. The fourth-order valence-electron chi connectivity index (χ4n) is 1.40. The first-order valence-corrected chi connectivity index (χ1v) is 5.26. The van der Waals surface area contributed by atoms with Crippen LogP contribution in [0.5, 0.6) is 0 Å². The van der Waals surface area contributed by atoms with Crippen LogP contribution in [0.2, 0.25) is 5.02 Å². The Morgan fingerprint density at radius 2 is 1.53 bits per heavy atom. The van der Waals surface area contributed by atoms with Crippen LogP contribution in [0.15, 0.2) is 54.6 Å². The minimum atomic E-state index is 0.754. The normalized spacial score (nSPS) is 9.93. The first-order valence-electron chi connectivity index (χ1n) is 4.88. The van der Waals surface area contributed by atoms with Crippen molar-refractivity contribution in [3.8, 4) is 0 Å². The van der Waals surface area contributed by atoms with E-state index in [4.69, 9.17) is 11.6 Å². The molecule has 2 heteroatoms. The highest BCUT2D eigenvalue weighted by Crippen LogP contribution is 2.16. The van der Waals surface area contributed by atoms with E-state index in [0.717, 1.165) is 22.8 Å². The molecule has 0 fully saturated rings. The van der Waals surface area contributed by atoms with Crippen LogP contribution in [0.4, 0.5) is 5.69 Å². The summed E-state index contributed by atoms with van der Waals surface area (Å²) in [5.41, 5.74) is 2.22. The molecule has 1 nitrogen and oxygen atoms in total. The molecule has 2 aromatic carbocycles. The molecule has 0 atom stereocenters. The van der Waals surface area contributed by atoms with Crippen molar-refractivity contribution in [3.63, 3.8) is 0 Å². The summed E-state index contributed by atoms with van der Waals surface area (Å²) in [5.74, 6) is 0. The Bertz CT molecular complexity index is 426. The van der Waals surface area contributed by atoms with Crippen molar-refractivity contribution in [2.24, 2.45) is 0 Å². The van der Waals surface area contributed by atoms with E-state index < -0.39 is 0 Å². The van der Waals surface area contributed by atoms with E-state index >= 15 is 0 Å². The summed E-state index contributed by atoms with van der Waals surface area (Å²) in [6.07, 6.45) is 0. The van der Waals surface area contributed by atoms with Gasteiger partial charge in [0.1, 0.15) is 0 Å². The first-order chi connectivity index (χ1) is 7.36. The van der Waals surface area contributed by atoms with Gasteiger partial charge in [-0.05, 0) is 23.8 Å². The maximum Gasteiger partial charge on any atom is 0.0455 e. The second kappa shape index (κ2) is 4.85. The van der Waals surface area contributed by atoms with E-state index in [0.29, 0.717) is 0 Å². The minimum Gasteiger partial charge on any atom is -0.381 e. The van der Waals surface area contributed by atoms with Crippen LogP contribution in [-0.4, -0.2) is 0 Å².